The zero-order chi connectivity index (χ0) is 13.3. The van der Waals surface area contributed by atoms with Crippen molar-refractivity contribution in [2.45, 2.75) is 12.5 Å². The number of nitrogens with zero attached hydrogens (tertiary/aromatic N) is 1. The van der Waals surface area contributed by atoms with Crippen LogP contribution in [-0.4, -0.2) is 62.0 Å². The lowest BCUT2D eigenvalue weighted by Gasteiger charge is -2.27. The first-order valence-corrected chi connectivity index (χ1v) is 7.07. The van der Waals surface area contributed by atoms with Gasteiger partial charge in [-0.15, -0.1) is 0 Å². The monoisotopic (exact) mass is 264 g/mol. The molecule has 0 aliphatic carbocycles. The lowest BCUT2D eigenvalue weighted by Crippen LogP contribution is -2.43. The number of nitrogens with one attached hydrogen (secondary N) is 1. The van der Waals surface area contributed by atoms with Gasteiger partial charge in [0.1, 0.15) is 0 Å². The molecule has 0 saturated carbocycles. The lowest BCUT2D eigenvalue weighted by atomic mass is 10.1. The molecular weight excluding hydrogens is 240 g/mol. The molecule has 1 heterocycles. The van der Waals surface area contributed by atoms with E-state index in [1.165, 1.54) is 5.56 Å². The fourth-order valence-electron chi connectivity index (χ4n) is 2.35. The third kappa shape index (κ3) is 5.28. The molecular formula is C15H24N2O2. The fourth-order valence-corrected chi connectivity index (χ4v) is 2.35. The summed E-state index contributed by atoms with van der Waals surface area (Å²) >= 11 is 0. The van der Waals surface area contributed by atoms with Crippen molar-refractivity contribution in [1.82, 2.24) is 10.2 Å². The van der Waals surface area contributed by atoms with Crippen LogP contribution in [0.2, 0.25) is 0 Å². The predicted molar refractivity (Wildman–Crippen MR) is 76.3 cm³/mol. The zero-order valence-electron chi connectivity index (χ0n) is 11.4. The lowest BCUT2D eigenvalue weighted by molar-refractivity contribution is 0.0378. The minimum absolute atomic E-state index is 0.142. The van der Waals surface area contributed by atoms with E-state index in [2.05, 4.69) is 22.3 Å². The molecule has 1 atom stereocenters. The SMILES string of the molecule is OCC(Cc1ccccc1)NCCN1CCOCC1. The van der Waals surface area contributed by atoms with Crippen LogP contribution in [0.25, 0.3) is 0 Å². The molecule has 0 aromatic heterocycles. The molecule has 106 valence electrons. The Hall–Kier alpha value is -0.940. The van der Waals surface area contributed by atoms with Crippen molar-refractivity contribution in [2.75, 3.05) is 46.0 Å². The third-order valence-corrected chi connectivity index (χ3v) is 3.51. The number of ether oxygens (including phenoxy) is 1. The topological polar surface area (TPSA) is 44.7 Å². The molecule has 4 nitrogen and oxygen atoms in total. The maximum atomic E-state index is 9.43. The summed E-state index contributed by atoms with van der Waals surface area (Å²) < 4.78 is 5.33. The van der Waals surface area contributed by atoms with Crippen molar-refractivity contribution in [2.24, 2.45) is 0 Å². The van der Waals surface area contributed by atoms with E-state index in [4.69, 9.17) is 4.74 Å². The molecule has 1 aromatic rings. The van der Waals surface area contributed by atoms with E-state index in [9.17, 15) is 5.11 Å². The van der Waals surface area contributed by atoms with Crippen LogP contribution in [-0.2, 0) is 11.2 Å². The number of hydrogen-bond donors (Lipinski definition) is 2. The van der Waals surface area contributed by atoms with Crippen LogP contribution < -0.4 is 5.32 Å². The molecule has 1 aliphatic heterocycles. The van der Waals surface area contributed by atoms with Gasteiger partial charge in [-0.25, -0.2) is 0 Å². The highest BCUT2D eigenvalue weighted by atomic mass is 16.5. The summed E-state index contributed by atoms with van der Waals surface area (Å²) in [6, 6.07) is 10.4. The van der Waals surface area contributed by atoms with Gasteiger partial charge in [0.05, 0.1) is 19.8 Å². The summed E-state index contributed by atoms with van der Waals surface area (Å²) in [6.45, 7) is 5.83. The molecule has 0 radical (unpaired) electrons. The summed E-state index contributed by atoms with van der Waals surface area (Å²) in [7, 11) is 0. The Morgan fingerprint density at radius 2 is 1.95 bits per heavy atom. The highest BCUT2D eigenvalue weighted by Gasteiger charge is 2.11. The Kier molecular flexibility index (Phi) is 6.30. The van der Waals surface area contributed by atoms with Gasteiger partial charge in [0, 0.05) is 32.2 Å². The molecule has 0 spiro atoms. The minimum atomic E-state index is 0.142. The average molecular weight is 264 g/mol. The van der Waals surface area contributed by atoms with E-state index in [1.54, 1.807) is 0 Å². The van der Waals surface area contributed by atoms with Gasteiger partial charge in [0.25, 0.3) is 0 Å². The standard InChI is InChI=1S/C15H24N2O2/c18-13-15(12-14-4-2-1-3-5-14)16-6-7-17-8-10-19-11-9-17/h1-5,15-16,18H,6-13H2. The van der Waals surface area contributed by atoms with Crippen molar-refractivity contribution in [3.8, 4) is 0 Å². The maximum absolute atomic E-state index is 9.43. The van der Waals surface area contributed by atoms with Gasteiger partial charge in [-0.2, -0.15) is 0 Å². The second kappa shape index (κ2) is 8.27. The number of rotatable bonds is 7. The van der Waals surface area contributed by atoms with Crippen LogP contribution in [0.5, 0.6) is 0 Å². The van der Waals surface area contributed by atoms with Crippen molar-refractivity contribution in [3.05, 3.63) is 35.9 Å². The molecule has 0 bridgehead atoms. The molecule has 2 N–H and O–H groups in total. The van der Waals surface area contributed by atoms with E-state index in [-0.39, 0.29) is 12.6 Å². The van der Waals surface area contributed by atoms with Crippen LogP contribution in [0.3, 0.4) is 0 Å². The first-order valence-electron chi connectivity index (χ1n) is 7.07. The van der Waals surface area contributed by atoms with Crippen molar-refractivity contribution in [3.63, 3.8) is 0 Å². The number of aliphatic hydroxyl groups excluding tert-OH is 1. The van der Waals surface area contributed by atoms with Gasteiger partial charge in [-0.1, -0.05) is 30.3 Å². The van der Waals surface area contributed by atoms with Gasteiger partial charge in [-0.05, 0) is 12.0 Å². The van der Waals surface area contributed by atoms with Crippen molar-refractivity contribution >= 4 is 0 Å². The third-order valence-electron chi connectivity index (χ3n) is 3.51. The summed E-state index contributed by atoms with van der Waals surface area (Å²) in [5.41, 5.74) is 1.26. The van der Waals surface area contributed by atoms with Gasteiger partial charge in [-0.3, -0.25) is 4.90 Å². The van der Waals surface area contributed by atoms with E-state index < -0.39 is 0 Å². The number of aliphatic hydroxyl groups is 1. The second-order valence-electron chi connectivity index (χ2n) is 4.98. The molecule has 4 heteroatoms. The molecule has 1 aliphatic rings. The van der Waals surface area contributed by atoms with E-state index in [1.807, 2.05) is 18.2 Å². The molecule has 1 fully saturated rings. The number of benzene rings is 1. The van der Waals surface area contributed by atoms with Gasteiger partial charge < -0.3 is 15.2 Å². The van der Waals surface area contributed by atoms with Gasteiger partial charge in [0.15, 0.2) is 0 Å². The van der Waals surface area contributed by atoms with E-state index >= 15 is 0 Å². The predicted octanol–water partition coefficient (Wildman–Crippen LogP) is 0.512. The van der Waals surface area contributed by atoms with Crippen LogP contribution in [0.15, 0.2) is 30.3 Å². The van der Waals surface area contributed by atoms with Crippen LogP contribution in [0, 0.1) is 0 Å². The van der Waals surface area contributed by atoms with Gasteiger partial charge in [0.2, 0.25) is 0 Å². The molecule has 1 saturated heterocycles. The largest absolute Gasteiger partial charge is 0.395 e. The number of hydrogen-bond acceptors (Lipinski definition) is 4. The molecule has 19 heavy (non-hydrogen) atoms. The first-order chi connectivity index (χ1) is 9.38. The summed E-state index contributed by atoms with van der Waals surface area (Å²) in [5.74, 6) is 0. The minimum Gasteiger partial charge on any atom is -0.395 e. The molecule has 1 unspecified atom stereocenters. The average Bonchev–Trinajstić information content (AvgIpc) is 2.48. The molecule has 1 aromatic carbocycles. The Morgan fingerprint density at radius 3 is 2.63 bits per heavy atom. The summed E-state index contributed by atoms with van der Waals surface area (Å²) in [6.07, 6.45) is 0.875. The Labute approximate surface area is 115 Å². The van der Waals surface area contributed by atoms with Gasteiger partial charge >= 0.3 is 0 Å². The Balaban J connectivity index is 1.67. The normalized spacial score (nSPS) is 18.4. The summed E-state index contributed by atoms with van der Waals surface area (Å²) in [5, 5.41) is 12.9. The Morgan fingerprint density at radius 1 is 1.21 bits per heavy atom. The fraction of sp³-hybridized carbons (Fsp3) is 0.600. The van der Waals surface area contributed by atoms with E-state index in [0.29, 0.717) is 0 Å². The first kappa shape index (κ1) is 14.5. The highest BCUT2D eigenvalue weighted by Crippen LogP contribution is 2.03. The second-order valence-corrected chi connectivity index (χ2v) is 4.98. The quantitative estimate of drug-likeness (QED) is 0.753. The molecule has 2 rings (SSSR count). The van der Waals surface area contributed by atoms with Crippen LogP contribution in [0.1, 0.15) is 5.56 Å². The van der Waals surface area contributed by atoms with Crippen molar-refractivity contribution < 1.29 is 9.84 Å². The van der Waals surface area contributed by atoms with Crippen LogP contribution in [0.4, 0.5) is 0 Å². The summed E-state index contributed by atoms with van der Waals surface area (Å²) in [4.78, 5) is 2.40. The smallest absolute Gasteiger partial charge is 0.0594 e. The zero-order valence-corrected chi connectivity index (χ0v) is 11.4. The van der Waals surface area contributed by atoms with Crippen molar-refractivity contribution in [1.29, 1.82) is 0 Å². The Bertz CT molecular complexity index is 339. The van der Waals surface area contributed by atoms with E-state index in [0.717, 1.165) is 45.8 Å². The highest BCUT2D eigenvalue weighted by molar-refractivity contribution is 5.15. The number of morpholine rings is 1. The van der Waals surface area contributed by atoms with Crippen LogP contribution >= 0.6 is 0 Å². The molecule has 0 amide bonds. The maximum Gasteiger partial charge on any atom is 0.0594 e.